The Morgan fingerprint density at radius 2 is 1.88 bits per heavy atom. The number of benzene rings is 2. The van der Waals surface area contributed by atoms with E-state index in [0.717, 1.165) is 21.9 Å². The minimum atomic E-state index is -0.712. The fraction of sp³-hybridized carbons (Fsp3) is 0.158. The Balaban J connectivity index is 2.19. The zero-order valence-corrected chi connectivity index (χ0v) is 14.4. The van der Waals surface area contributed by atoms with Crippen molar-refractivity contribution in [1.29, 1.82) is 0 Å². The van der Waals surface area contributed by atoms with E-state index >= 15 is 0 Å². The lowest BCUT2D eigenvalue weighted by Crippen LogP contribution is -1.96. The molecule has 0 radical (unpaired) electrons. The first kappa shape index (κ1) is 16.1. The van der Waals surface area contributed by atoms with Crippen LogP contribution < -0.4 is 9.47 Å². The standard InChI is InChI=1S/C19H16FN3O3/c1-9-15-16-11(5-7-14(25-2)18(16)26-3)17(21-19(15)23-22-9)10-4-6-13(24)12(20)8-10/h4-8,24H,1-3H3,(H,21,22,23). The number of nitrogens with one attached hydrogen (secondary N) is 1. The van der Waals surface area contributed by atoms with Gasteiger partial charge in [-0.3, -0.25) is 5.10 Å². The third-order valence-corrected chi connectivity index (χ3v) is 4.42. The van der Waals surface area contributed by atoms with Gasteiger partial charge in [0.1, 0.15) is 0 Å². The minimum absolute atomic E-state index is 0.408. The Morgan fingerprint density at radius 1 is 1.08 bits per heavy atom. The second-order valence-corrected chi connectivity index (χ2v) is 5.90. The highest BCUT2D eigenvalue weighted by atomic mass is 19.1. The Bertz CT molecular complexity index is 1150. The van der Waals surface area contributed by atoms with E-state index in [9.17, 15) is 9.50 Å². The van der Waals surface area contributed by atoms with E-state index in [-0.39, 0.29) is 0 Å². The molecule has 7 heteroatoms. The molecule has 6 nitrogen and oxygen atoms in total. The molecule has 2 heterocycles. The third kappa shape index (κ3) is 2.24. The molecule has 4 rings (SSSR count). The molecule has 4 aromatic rings. The molecule has 0 saturated heterocycles. The van der Waals surface area contributed by atoms with Gasteiger partial charge in [-0.05, 0) is 37.3 Å². The van der Waals surface area contributed by atoms with Crippen LogP contribution in [0.4, 0.5) is 4.39 Å². The molecule has 0 unspecified atom stereocenters. The number of nitrogens with zero attached hydrogens (tertiary/aromatic N) is 2. The molecular formula is C19H16FN3O3. The van der Waals surface area contributed by atoms with Crippen molar-refractivity contribution in [3.63, 3.8) is 0 Å². The molecule has 0 saturated carbocycles. The second kappa shape index (κ2) is 5.87. The molecule has 2 aromatic heterocycles. The maximum absolute atomic E-state index is 13.9. The van der Waals surface area contributed by atoms with Gasteiger partial charge in [-0.1, -0.05) is 0 Å². The summed E-state index contributed by atoms with van der Waals surface area (Å²) in [5, 5.41) is 19.0. The number of aromatic hydroxyl groups is 1. The number of H-pyrrole nitrogens is 1. The molecule has 2 aromatic carbocycles. The zero-order chi connectivity index (χ0) is 18.4. The van der Waals surface area contributed by atoms with Gasteiger partial charge in [0, 0.05) is 22.0 Å². The van der Waals surface area contributed by atoms with Gasteiger partial charge < -0.3 is 14.6 Å². The molecule has 0 fully saturated rings. The first-order valence-electron chi connectivity index (χ1n) is 7.93. The van der Waals surface area contributed by atoms with Gasteiger partial charge in [0.2, 0.25) is 0 Å². The number of hydrogen-bond donors (Lipinski definition) is 2. The summed E-state index contributed by atoms with van der Waals surface area (Å²) < 4.78 is 24.9. The van der Waals surface area contributed by atoms with Gasteiger partial charge >= 0.3 is 0 Å². The van der Waals surface area contributed by atoms with Crippen molar-refractivity contribution < 1.29 is 19.0 Å². The number of pyridine rings is 1. The van der Waals surface area contributed by atoms with Gasteiger partial charge in [-0.15, -0.1) is 0 Å². The average molecular weight is 353 g/mol. The lowest BCUT2D eigenvalue weighted by molar-refractivity contribution is 0.359. The van der Waals surface area contributed by atoms with E-state index in [1.807, 2.05) is 13.0 Å². The van der Waals surface area contributed by atoms with E-state index in [2.05, 4.69) is 15.2 Å². The molecule has 0 aliphatic carbocycles. The summed E-state index contributed by atoms with van der Waals surface area (Å²) in [6.45, 7) is 1.90. The Kier molecular flexibility index (Phi) is 3.64. The number of phenols is 1. The predicted molar refractivity (Wildman–Crippen MR) is 96.3 cm³/mol. The third-order valence-electron chi connectivity index (χ3n) is 4.42. The van der Waals surface area contributed by atoms with E-state index < -0.39 is 11.6 Å². The highest BCUT2D eigenvalue weighted by Crippen LogP contribution is 2.43. The fourth-order valence-electron chi connectivity index (χ4n) is 3.21. The van der Waals surface area contributed by atoms with Crippen LogP contribution >= 0.6 is 0 Å². The maximum Gasteiger partial charge on any atom is 0.182 e. The summed E-state index contributed by atoms with van der Waals surface area (Å²) in [4.78, 5) is 4.61. The number of rotatable bonds is 3. The average Bonchev–Trinajstić information content (AvgIpc) is 3.03. The van der Waals surface area contributed by atoms with Crippen LogP contribution in [0, 0.1) is 12.7 Å². The molecule has 0 spiro atoms. The molecule has 0 atom stereocenters. The number of methoxy groups -OCH3 is 2. The molecule has 2 N–H and O–H groups in total. The van der Waals surface area contributed by atoms with Crippen LogP contribution in [-0.4, -0.2) is 34.5 Å². The summed E-state index contributed by atoms with van der Waals surface area (Å²) in [6.07, 6.45) is 0. The van der Waals surface area contributed by atoms with E-state index in [1.165, 1.54) is 12.1 Å². The number of hydrogen-bond acceptors (Lipinski definition) is 5. The van der Waals surface area contributed by atoms with Crippen LogP contribution in [0.1, 0.15) is 5.69 Å². The molecule has 0 aliphatic rings. The summed E-state index contributed by atoms with van der Waals surface area (Å²) in [5.41, 5.74) is 2.40. The second-order valence-electron chi connectivity index (χ2n) is 5.90. The Hall–Kier alpha value is -3.35. The van der Waals surface area contributed by atoms with Crippen molar-refractivity contribution in [2.24, 2.45) is 0 Å². The summed E-state index contributed by atoms with van der Waals surface area (Å²) in [7, 11) is 3.14. The number of phenolic OH excluding ortho intramolecular Hbond substituents is 1. The Morgan fingerprint density at radius 3 is 2.58 bits per heavy atom. The molecule has 0 aliphatic heterocycles. The largest absolute Gasteiger partial charge is 0.505 e. The molecular weight excluding hydrogens is 337 g/mol. The van der Waals surface area contributed by atoms with Crippen LogP contribution in [0.3, 0.4) is 0 Å². The lowest BCUT2D eigenvalue weighted by atomic mass is 9.99. The monoisotopic (exact) mass is 353 g/mol. The highest BCUT2D eigenvalue weighted by Gasteiger charge is 2.20. The quantitative estimate of drug-likeness (QED) is 0.583. The number of aromatic nitrogens is 3. The van der Waals surface area contributed by atoms with Crippen LogP contribution in [-0.2, 0) is 0 Å². The summed E-state index contributed by atoms with van der Waals surface area (Å²) in [6, 6.07) is 7.81. The lowest BCUT2D eigenvalue weighted by Gasteiger charge is -2.14. The molecule has 132 valence electrons. The number of aromatic amines is 1. The van der Waals surface area contributed by atoms with Crippen LogP contribution in [0.15, 0.2) is 30.3 Å². The minimum Gasteiger partial charge on any atom is -0.505 e. The maximum atomic E-state index is 13.9. The Labute approximate surface area is 148 Å². The molecule has 0 amide bonds. The normalized spacial score (nSPS) is 11.2. The van der Waals surface area contributed by atoms with Crippen molar-refractivity contribution in [2.45, 2.75) is 6.92 Å². The first-order valence-corrected chi connectivity index (χ1v) is 7.93. The van der Waals surface area contributed by atoms with Crippen molar-refractivity contribution in [3.05, 3.63) is 41.8 Å². The van der Waals surface area contributed by atoms with Crippen molar-refractivity contribution in [1.82, 2.24) is 15.2 Å². The SMILES string of the molecule is COc1ccc2c(-c3ccc(O)c(F)c3)nc3n[nH]c(C)c3c2c1OC. The van der Waals surface area contributed by atoms with Gasteiger partial charge in [0.25, 0.3) is 0 Å². The fourth-order valence-corrected chi connectivity index (χ4v) is 3.21. The van der Waals surface area contributed by atoms with Gasteiger partial charge in [-0.25, -0.2) is 9.37 Å². The van der Waals surface area contributed by atoms with Crippen LogP contribution in [0.25, 0.3) is 33.1 Å². The zero-order valence-electron chi connectivity index (χ0n) is 14.4. The van der Waals surface area contributed by atoms with Gasteiger partial charge in [0.05, 0.1) is 25.3 Å². The number of aryl methyl sites for hydroxylation is 1. The highest BCUT2D eigenvalue weighted by molar-refractivity contribution is 6.14. The van der Waals surface area contributed by atoms with Crippen LogP contribution in [0.5, 0.6) is 17.2 Å². The number of halogens is 1. The smallest absolute Gasteiger partial charge is 0.182 e. The number of ether oxygens (including phenoxy) is 2. The van der Waals surface area contributed by atoms with Gasteiger partial charge in [0.15, 0.2) is 28.7 Å². The van der Waals surface area contributed by atoms with Crippen molar-refractivity contribution in [3.8, 4) is 28.5 Å². The van der Waals surface area contributed by atoms with Crippen molar-refractivity contribution in [2.75, 3.05) is 14.2 Å². The van der Waals surface area contributed by atoms with E-state index in [0.29, 0.717) is 28.4 Å². The van der Waals surface area contributed by atoms with Crippen LogP contribution in [0.2, 0.25) is 0 Å². The van der Waals surface area contributed by atoms with Crippen molar-refractivity contribution >= 4 is 21.8 Å². The number of fused-ring (bicyclic) bond motifs is 3. The molecule has 0 bridgehead atoms. The molecule has 26 heavy (non-hydrogen) atoms. The summed E-state index contributed by atoms with van der Waals surface area (Å²) >= 11 is 0. The van der Waals surface area contributed by atoms with Gasteiger partial charge in [-0.2, -0.15) is 5.10 Å². The topological polar surface area (TPSA) is 80.3 Å². The van der Waals surface area contributed by atoms with E-state index in [1.54, 1.807) is 26.4 Å². The first-order chi connectivity index (χ1) is 12.5. The van der Waals surface area contributed by atoms with E-state index in [4.69, 9.17) is 9.47 Å². The summed E-state index contributed by atoms with van der Waals surface area (Å²) in [5.74, 6) is 0.0172. The predicted octanol–water partition coefficient (Wildman–Crippen LogP) is 3.95.